The summed E-state index contributed by atoms with van der Waals surface area (Å²) in [5.41, 5.74) is 4.05. The molecular formula is C20H20FNO. The van der Waals surface area contributed by atoms with Crippen LogP contribution in [-0.2, 0) is 0 Å². The molecule has 0 atom stereocenters. The van der Waals surface area contributed by atoms with Crippen LogP contribution in [-0.4, -0.2) is 7.11 Å². The third kappa shape index (κ3) is 3.78. The molecule has 0 fully saturated rings. The molecule has 118 valence electrons. The predicted molar refractivity (Wildman–Crippen MR) is 91.7 cm³/mol. The van der Waals surface area contributed by atoms with Crippen LogP contribution in [0, 0.1) is 24.1 Å². The minimum absolute atomic E-state index is 0.303. The number of halogens is 1. The van der Waals surface area contributed by atoms with Crippen LogP contribution in [0.25, 0.3) is 11.6 Å². The van der Waals surface area contributed by atoms with Crippen LogP contribution < -0.4 is 4.74 Å². The van der Waals surface area contributed by atoms with E-state index in [1.165, 1.54) is 12.1 Å². The molecular weight excluding hydrogens is 289 g/mol. The Balaban J connectivity index is 2.56. The molecule has 0 saturated heterocycles. The lowest BCUT2D eigenvalue weighted by Gasteiger charge is -2.15. The van der Waals surface area contributed by atoms with Crippen molar-refractivity contribution in [2.45, 2.75) is 26.7 Å². The molecule has 0 radical (unpaired) electrons. The number of rotatable bonds is 4. The molecule has 0 aliphatic carbocycles. The second kappa shape index (κ2) is 7.11. The summed E-state index contributed by atoms with van der Waals surface area (Å²) < 4.78 is 18.8. The highest BCUT2D eigenvalue weighted by Crippen LogP contribution is 2.31. The molecule has 2 nitrogen and oxygen atoms in total. The molecule has 0 saturated carbocycles. The number of allylic oxidation sites excluding steroid dienone is 1. The summed E-state index contributed by atoms with van der Waals surface area (Å²) in [5, 5.41) is 9.44. The number of ether oxygens (including phenoxy) is 1. The lowest BCUT2D eigenvalue weighted by molar-refractivity contribution is 0.407. The molecule has 0 N–H and O–H groups in total. The molecule has 0 aliphatic rings. The maximum atomic E-state index is 13.4. The van der Waals surface area contributed by atoms with Gasteiger partial charge in [-0.25, -0.2) is 4.39 Å². The first-order chi connectivity index (χ1) is 11.0. The van der Waals surface area contributed by atoms with E-state index in [2.05, 4.69) is 19.9 Å². The third-order valence-corrected chi connectivity index (χ3v) is 3.80. The molecule has 0 unspecified atom stereocenters. The number of nitriles is 1. The Morgan fingerprint density at radius 3 is 2.57 bits per heavy atom. The van der Waals surface area contributed by atoms with Gasteiger partial charge < -0.3 is 4.74 Å². The summed E-state index contributed by atoms with van der Waals surface area (Å²) in [6.07, 6.45) is 1.80. The maximum Gasteiger partial charge on any atom is 0.123 e. The summed E-state index contributed by atoms with van der Waals surface area (Å²) in [7, 11) is 1.66. The van der Waals surface area contributed by atoms with Crippen molar-refractivity contribution in [3.8, 4) is 11.8 Å². The first-order valence-electron chi connectivity index (χ1n) is 7.52. The van der Waals surface area contributed by atoms with Gasteiger partial charge in [-0.05, 0) is 65.4 Å². The Bertz CT molecular complexity index is 785. The maximum absolute atomic E-state index is 13.4. The zero-order valence-electron chi connectivity index (χ0n) is 13.9. The minimum atomic E-state index is -0.349. The quantitative estimate of drug-likeness (QED) is 0.565. The first-order valence-corrected chi connectivity index (χ1v) is 7.52. The fraction of sp³-hybridized carbons (Fsp3) is 0.250. The monoisotopic (exact) mass is 309 g/mol. The van der Waals surface area contributed by atoms with Crippen LogP contribution in [0.2, 0.25) is 0 Å². The summed E-state index contributed by atoms with van der Waals surface area (Å²) in [6.45, 7) is 6.16. The topological polar surface area (TPSA) is 33.0 Å². The van der Waals surface area contributed by atoms with Gasteiger partial charge in [-0.2, -0.15) is 5.26 Å². The van der Waals surface area contributed by atoms with E-state index in [-0.39, 0.29) is 5.82 Å². The molecule has 2 rings (SSSR count). The SMILES string of the molecule is COc1cc(C)c(/C=C(/C#N)c2cccc(F)c2)cc1C(C)C. The molecule has 0 bridgehead atoms. The van der Waals surface area contributed by atoms with Crippen LogP contribution in [0.4, 0.5) is 4.39 Å². The summed E-state index contributed by atoms with van der Waals surface area (Å²) >= 11 is 0. The number of benzene rings is 2. The third-order valence-electron chi connectivity index (χ3n) is 3.80. The molecule has 0 heterocycles. The van der Waals surface area contributed by atoms with Crippen molar-refractivity contribution in [2.24, 2.45) is 0 Å². The highest BCUT2D eigenvalue weighted by atomic mass is 19.1. The Morgan fingerprint density at radius 2 is 2.00 bits per heavy atom. The van der Waals surface area contributed by atoms with Crippen LogP contribution in [0.3, 0.4) is 0 Å². The molecule has 23 heavy (non-hydrogen) atoms. The van der Waals surface area contributed by atoms with Crippen molar-refractivity contribution in [2.75, 3.05) is 7.11 Å². The van der Waals surface area contributed by atoms with E-state index in [0.29, 0.717) is 17.1 Å². The molecule has 2 aromatic rings. The van der Waals surface area contributed by atoms with Crippen molar-refractivity contribution in [1.29, 1.82) is 5.26 Å². The molecule has 2 aromatic carbocycles. The molecule has 0 aromatic heterocycles. The zero-order chi connectivity index (χ0) is 17.0. The van der Waals surface area contributed by atoms with Gasteiger partial charge >= 0.3 is 0 Å². The highest BCUT2D eigenvalue weighted by molar-refractivity contribution is 5.90. The van der Waals surface area contributed by atoms with Crippen LogP contribution in [0.15, 0.2) is 36.4 Å². The van der Waals surface area contributed by atoms with Crippen LogP contribution >= 0.6 is 0 Å². The van der Waals surface area contributed by atoms with E-state index < -0.39 is 0 Å². The first kappa shape index (κ1) is 16.8. The van der Waals surface area contributed by atoms with Crippen molar-refractivity contribution in [1.82, 2.24) is 0 Å². The van der Waals surface area contributed by atoms with E-state index in [1.807, 2.05) is 19.1 Å². The van der Waals surface area contributed by atoms with Crippen molar-refractivity contribution in [3.63, 3.8) is 0 Å². The Labute approximate surface area is 136 Å². The summed E-state index contributed by atoms with van der Waals surface area (Å²) in [4.78, 5) is 0. The zero-order valence-corrected chi connectivity index (χ0v) is 13.9. The molecule has 0 aliphatic heterocycles. The Kier molecular flexibility index (Phi) is 5.18. The fourth-order valence-corrected chi connectivity index (χ4v) is 2.49. The Hall–Kier alpha value is -2.60. The Morgan fingerprint density at radius 1 is 1.26 bits per heavy atom. The van der Waals surface area contributed by atoms with Gasteiger partial charge in [0.05, 0.1) is 18.8 Å². The van der Waals surface area contributed by atoms with Gasteiger partial charge in [0.2, 0.25) is 0 Å². The number of methoxy groups -OCH3 is 1. The second-order valence-electron chi connectivity index (χ2n) is 5.79. The lowest BCUT2D eigenvalue weighted by atomic mass is 9.94. The molecule has 0 spiro atoms. The van der Waals surface area contributed by atoms with Crippen LogP contribution in [0.5, 0.6) is 5.75 Å². The van der Waals surface area contributed by atoms with E-state index in [0.717, 1.165) is 22.4 Å². The largest absolute Gasteiger partial charge is 0.496 e. The lowest BCUT2D eigenvalue weighted by Crippen LogP contribution is -1.97. The minimum Gasteiger partial charge on any atom is -0.496 e. The van der Waals surface area contributed by atoms with E-state index in [9.17, 15) is 9.65 Å². The number of hydrogen-bond acceptors (Lipinski definition) is 2. The molecule has 0 amide bonds. The van der Waals surface area contributed by atoms with E-state index in [4.69, 9.17) is 4.74 Å². The number of nitrogens with zero attached hydrogens (tertiary/aromatic N) is 1. The van der Waals surface area contributed by atoms with E-state index in [1.54, 1.807) is 25.3 Å². The highest BCUT2D eigenvalue weighted by Gasteiger charge is 2.11. The smallest absolute Gasteiger partial charge is 0.123 e. The van der Waals surface area contributed by atoms with Gasteiger partial charge in [0, 0.05) is 0 Å². The van der Waals surface area contributed by atoms with Gasteiger partial charge in [0.1, 0.15) is 11.6 Å². The molecule has 3 heteroatoms. The second-order valence-corrected chi connectivity index (χ2v) is 5.79. The van der Waals surface area contributed by atoms with Crippen molar-refractivity contribution in [3.05, 3.63) is 64.5 Å². The van der Waals surface area contributed by atoms with Crippen LogP contribution in [0.1, 0.15) is 42.0 Å². The average molecular weight is 309 g/mol. The summed E-state index contributed by atoms with van der Waals surface area (Å²) in [6, 6.07) is 12.3. The van der Waals surface area contributed by atoms with Gasteiger partial charge in [-0.1, -0.05) is 26.0 Å². The van der Waals surface area contributed by atoms with Crippen molar-refractivity contribution >= 4 is 11.6 Å². The fourth-order valence-electron chi connectivity index (χ4n) is 2.49. The van der Waals surface area contributed by atoms with Gasteiger partial charge in [-0.15, -0.1) is 0 Å². The average Bonchev–Trinajstić information content (AvgIpc) is 2.53. The van der Waals surface area contributed by atoms with Gasteiger partial charge in [0.25, 0.3) is 0 Å². The summed E-state index contributed by atoms with van der Waals surface area (Å²) in [5.74, 6) is 0.800. The number of hydrogen-bond donors (Lipinski definition) is 0. The van der Waals surface area contributed by atoms with Gasteiger partial charge in [-0.3, -0.25) is 0 Å². The normalized spacial score (nSPS) is 11.4. The number of aryl methyl sites for hydroxylation is 1. The van der Waals surface area contributed by atoms with Crippen molar-refractivity contribution < 1.29 is 9.13 Å². The predicted octanol–water partition coefficient (Wildman–Crippen LogP) is 5.33. The van der Waals surface area contributed by atoms with Gasteiger partial charge in [0.15, 0.2) is 0 Å². The van der Waals surface area contributed by atoms with E-state index >= 15 is 0 Å². The standard InChI is InChI=1S/C20H20FNO/c1-13(2)19-11-16(14(3)8-20(19)23-4)9-17(12-22)15-6-5-7-18(21)10-15/h5-11,13H,1-4H3/b17-9-.